The lowest BCUT2D eigenvalue weighted by Gasteiger charge is -2.36. The van der Waals surface area contributed by atoms with E-state index in [-0.39, 0.29) is 29.9 Å². The molecule has 2 amide bonds. The molecule has 0 bridgehead atoms. The van der Waals surface area contributed by atoms with Crippen molar-refractivity contribution in [1.82, 2.24) is 20.0 Å². The van der Waals surface area contributed by atoms with Crippen LogP contribution in [0.2, 0.25) is 0 Å². The maximum Gasteiger partial charge on any atom is 0.274 e. The van der Waals surface area contributed by atoms with Gasteiger partial charge in [0.05, 0.1) is 11.5 Å². The van der Waals surface area contributed by atoms with E-state index in [0.717, 1.165) is 11.4 Å². The van der Waals surface area contributed by atoms with Crippen LogP contribution in [0, 0.1) is 15.9 Å². The molecule has 0 aliphatic carbocycles. The van der Waals surface area contributed by atoms with Crippen LogP contribution in [0.5, 0.6) is 0 Å². The first-order chi connectivity index (χ1) is 16.9. The molecule has 2 aromatic carbocycles. The van der Waals surface area contributed by atoms with Crippen molar-refractivity contribution in [3.8, 4) is 0 Å². The molecular formula is C24H23FN6O4. The molecule has 0 unspecified atom stereocenters. The molecule has 3 aromatic rings. The monoisotopic (exact) mass is 478 g/mol. The van der Waals surface area contributed by atoms with Crippen molar-refractivity contribution >= 4 is 23.2 Å². The van der Waals surface area contributed by atoms with Crippen LogP contribution in [0.1, 0.15) is 32.1 Å². The van der Waals surface area contributed by atoms with Gasteiger partial charge in [0.15, 0.2) is 5.69 Å². The maximum absolute atomic E-state index is 13.3. The molecule has 180 valence electrons. The second-order valence-corrected chi connectivity index (χ2v) is 8.57. The number of aromatic amines is 1. The number of anilines is 1. The van der Waals surface area contributed by atoms with Gasteiger partial charge in [0, 0.05) is 73.8 Å². The third kappa shape index (κ3) is 4.44. The molecular weight excluding hydrogens is 455 g/mol. The van der Waals surface area contributed by atoms with Crippen LogP contribution in [0.3, 0.4) is 0 Å². The predicted octanol–water partition coefficient (Wildman–Crippen LogP) is 2.62. The van der Waals surface area contributed by atoms with Crippen LogP contribution in [-0.4, -0.2) is 69.5 Å². The van der Waals surface area contributed by atoms with Gasteiger partial charge in [-0.15, -0.1) is 0 Å². The number of carbonyl (C=O) groups excluding carboxylic acids is 2. The number of nitrogens with zero attached hydrogens (tertiary/aromatic N) is 5. The Morgan fingerprint density at radius 3 is 2.26 bits per heavy atom. The van der Waals surface area contributed by atoms with Crippen LogP contribution >= 0.6 is 0 Å². The molecule has 1 N–H and O–H groups in total. The van der Waals surface area contributed by atoms with Gasteiger partial charge in [-0.3, -0.25) is 24.8 Å². The number of non-ortho nitro benzene ring substituents is 1. The molecule has 10 nitrogen and oxygen atoms in total. The Hall–Kier alpha value is -4.28. The molecule has 5 rings (SSSR count). The lowest BCUT2D eigenvalue weighted by molar-refractivity contribution is -0.384. The first-order valence-electron chi connectivity index (χ1n) is 11.3. The number of hydrogen-bond donors (Lipinski definition) is 1. The SMILES string of the molecule is O=C(c1ccc([N+](=O)[O-])cc1)N1CCc2[nH]nc(C(=O)N3CCN(c4ccc(F)cc4)CC3)c2C1. The van der Waals surface area contributed by atoms with Gasteiger partial charge in [0.25, 0.3) is 17.5 Å². The van der Waals surface area contributed by atoms with Crippen molar-refractivity contribution in [1.29, 1.82) is 0 Å². The number of nitro groups is 1. The Morgan fingerprint density at radius 2 is 1.60 bits per heavy atom. The lowest BCUT2D eigenvalue weighted by Crippen LogP contribution is -2.49. The zero-order chi connectivity index (χ0) is 24.5. The Kier molecular flexibility index (Phi) is 5.89. The minimum Gasteiger partial charge on any atom is -0.368 e. The summed E-state index contributed by atoms with van der Waals surface area (Å²) in [4.78, 5) is 42.1. The summed E-state index contributed by atoms with van der Waals surface area (Å²) in [7, 11) is 0. The third-order valence-corrected chi connectivity index (χ3v) is 6.51. The summed E-state index contributed by atoms with van der Waals surface area (Å²) >= 11 is 0. The summed E-state index contributed by atoms with van der Waals surface area (Å²) < 4.78 is 13.2. The number of piperazine rings is 1. The van der Waals surface area contributed by atoms with Crippen molar-refractivity contribution in [2.45, 2.75) is 13.0 Å². The number of aromatic nitrogens is 2. The number of carbonyl (C=O) groups is 2. The number of H-pyrrole nitrogens is 1. The van der Waals surface area contributed by atoms with Gasteiger partial charge in [-0.25, -0.2) is 4.39 Å². The van der Waals surface area contributed by atoms with E-state index in [1.807, 2.05) is 0 Å². The maximum atomic E-state index is 13.3. The number of fused-ring (bicyclic) bond motifs is 1. The highest BCUT2D eigenvalue weighted by Crippen LogP contribution is 2.25. The van der Waals surface area contributed by atoms with Crippen LogP contribution in [-0.2, 0) is 13.0 Å². The Balaban J connectivity index is 1.26. The van der Waals surface area contributed by atoms with E-state index < -0.39 is 4.92 Å². The van der Waals surface area contributed by atoms with Gasteiger partial charge < -0.3 is 14.7 Å². The fraction of sp³-hybridized carbons (Fsp3) is 0.292. The number of nitrogens with one attached hydrogen (secondary N) is 1. The van der Waals surface area contributed by atoms with Crippen molar-refractivity contribution in [3.63, 3.8) is 0 Å². The topological polar surface area (TPSA) is 116 Å². The Bertz CT molecular complexity index is 1270. The number of rotatable bonds is 4. The molecule has 0 atom stereocenters. The van der Waals surface area contributed by atoms with Gasteiger partial charge >= 0.3 is 0 Å². The van der Waals surface area contributed by atoms with Crippen LogP contribution < -0.4 is 4.90 Å². The van der Waals surface area contributed by atoms with Crippen LogP contribution in [0.4, 0.5) is 15.8 Å². The number of halogens is 1. The zero-order valence-corrected chi connectivity index (χ0v) is 18.8. The number of benzene rings is 2. The second-order valence-electron chi connectivity index (χ2n) is 8.57. The van der Waals surface area contributed by atoms with E-state index in [1.54, 1.807) is 21.9 Å². The number of nitro benzene ring substituents is 1. The summed E-state index contributed by atoms with van der Waals surface area (Å²) in [5.74, 6) is -0.726. The Labute approximate surface area is 200 Å². The smallest absolute Gasteiger partial charge is 0.274 e. The van der Waals surface area contributed by atoms with Crippen molar-refractivity contribution in [2.75, 3.05) is 37.6 Å². The average Bonchev–Trinajstić information content (AvgIpc) is 3.32. The molecule has 0 saturated carbocycles. The fourth-order valence-electron chi connectivity index (χ4n) is 4.52. The molecule has 2 aliphatic rings. The van der Waals surface area contributed by atoms with E-state index in [4.69, 9.17) is 0 Å². The molecule has 2 aliphatic heterocycles. The average molecular weight is 478 g/mol. The first-order valence-corrected chi connectivity index (χ1v) is 11.3. The van der Waals surface area contributed by atoms with Crippen molar-refractivity contribution in [2.24, 2.45) is 0 Å². The molecule has 0 radical (unpaired) electrons. The second kappa shape index (κ2) is 9.16. The van der Waals surface area contributed by atoms with Gasteiger partial charge in [-0.2, -0.15) is 5.10 Å². The highest BCUT2D eigenvalue weighted by atomic mass is 19.1. The molecule has 35 heavy (non-hydrogen) atoms. The molecule has 1 aromatic heterocycles. The predicted molar refractivity (Wildman–Crippen MR) is 125 cm³/mol. The standard InChI is InChI=1S/C24H23FN6O4/c25-17-3-7-18(8-4-17)28-11-13-29(14-12-28)24(33)22-20-15-30(10-9-21(20)26-27-22)23(32)16-1-5-19(6-2-16)31(34)35/h1-8H,9-15H2,(H,26,27). The van der Waals surface area contributed by atoms with Crippen LogP contribution in [0.15, 0.2) is 48.5 Å². The highest BCUT2D eigenvalue weighted by molar-refractivity contribution is 5.96. The summed E-state index contributed by atoms with van der Waals surface area (Å²) in [6.07, 6.45) is 0.534. The van der Waals surface area contributed by atoms with E-state index >= 15 is 0 Å². The summed E-state index contributed by atoms with van der Waals surface area (Å²) in [6.45, 7) is 2.93. The summed E-state index contributed by atoms with van der Waals surface area (Å²) in [5, 5.41) is 18.1. The normalized spacial score (nSPS) is 15.6. The minimum atomic E-state index is -0.510. The quantitative estimate of drug-likeness (QED) is 0.455. The van der Waals surface area contributed by atoms with E-state index in [9.17, 15) is 24.1 Å². The van der Waals surface area contributed by atoms with Crippen LogP contribution in [0.25, 0.3) is 0 Å². The zero-order valence-electron chi connectivity index (χ0n) is 18.8. The third-order valence-electron chi connectivity index (χ3n) is 6.51. The summed E-state index contributed by atoms with van der Waals surface area (Å²) in [5.41, 5.74) is 3.05. The first kappa shape index (κ1) is 22.5. The van der Waals surface area contributed by atoms with Crippen molar-refractivity contribution in [3.05, 3.63) is 87.0 Å². The molecule has 1 fully saturated rings. The van der Waals surface area contributed by atoms with Gasteiger partial charge in [-0.1, -0.05) is 0 Å². The van der Waals surface area contributed by atoms with E-state index in [2.05, 4.69) is 15.1 Å². The van der Waals surface area contributed by atoms with E-state index in [0.29, 0.717) is 56.0 Å². The molecule has 3 heterocycles. The highest BCUT2D eigenvalue weighted by Gasteiger charge is 2.31. The molecule has 1 saturated heterocycles. The van der Waals surface area contributed by atoms with Gasteiger partial charge in [-0.05, 0) is 36.4 Å². The van der Waals surface area contributed by atoms with Gasteiger partial charge in [0.1, 0.15) is 5.82 Å². The Morgan fingerprint density at radius 1 is 0.914 bits per heavy atom. The number of amides is 2. The van der Waals surface area contributed by atoms with Crippen molar-refractivity contribution < 1.29 is 18.9 Å². The molecule has 0 spiro atoms. The minimum absolute atomic E-state index is 0.0790. The number of hydrogen-bond acceptors (Lipinski definition) is 6. The fourth-order valence-corrected chi connectivity index (χ4v) is 4.52. The largest absolute Gasteiger partial charge is 0.368 e. The summed E-state index contributed by atoms with van der Waals surface area (Å²) in [6, 6.07) is 11.8. The van der Waals surface area contributed by atoms with Gasteiger partial charge in [0.2, 0.25) is 0 Å². The lowest BCUT2D eigenvalue weighted by atomic mass is 10.0. The van der Waals surface area contributed by atoms with E-state index in [1.165, 1.54) is 36.4 Å². The molecule has 11 heteroatoms.